The van der Waals surface area contributed by atoms with Gasteiger partial charge in [-0.15, -0.1) is 10.2 Å². The number of hydrogen-bond donors (Lipinski definition) is 2. The van der Waals surface area contributed by atoms with E-state index in [4.69, 9.17) is 0 Å². The number of alkyl halides is 3. The number of aryl methyl sites for hydroxylation is 1. The Morgan fingerprint density at radius 1 is 1.07 bits per heavy atom. The maximum Gasteiger partial charge on any atom is 0.418 e. The van der Waals surface area contributed by atoms with Crippen molar-refractivity contribution in [1.29, 1.82) is 0 Å². The number of aromatic nitrogens is 5. The smallest absolute Gasteiger partial charge is 0.344 e. The fourth-order valence-corrected chi connectivity index (χ4v) is 5.49. The lowest BCUT2D eigenvalue weighted by Crippen LogP contribution is -2.48. The number of amides is 1. The van der Waals surface area contributed by atoms with E-state index in [1.165, 1.54) is 12.4 Å². The third-order valence-electron chi connectivity index (χ3n) is 7.58. The number of rotatable bonds is 6. The van der Waals surface area contributed by atoms with Crippen LogP contribution in [0.15, 0.2) is 60.9 Å². The van der Waals surface area contributed by atoms with Crippen LogP contribution in [-0.4, -0.2) is 55.2 Å². The molecule has 2 aromatic heterocycles. The summed E-state index contributed by atoms with van der Waals surface area (Å²) in [4.78, 5) is 21.3. The normalized spacial score (nSPS) is 16.0. The molecule has 6 rings (SSSR count). The largest absolute Gasteiger partial charge is 0.418 e. The minimum atomic E-state index is -4.72. The maximum atomic E-state index is 15.7. The molecule has 3 heterocycles. The zero-order chi connectivity index (χ0) is 29.6. The standard InChI is InChI=1S/C30H27F4N7O/c1-40-12-6-9-22(29(40)42)35-15-17-13-20(30(32,33)34)26-23(14-17)37-27(38-26)25-21(31)11-10-19(18-7-4-3-5-8-18)24(25)28-39-36-16-41(28)2/h3-5,7-8,10-11,13-14,16,22,35H,6,9,12,15H2,1-2H3,(H,37,38). The lowest BCUT2D eigenvalue weighted by molar-refractivity contribution is -0.136. The van der Waals surface area contributed by atoms with Gasteiger partial charge in [0.25, 0.3) is 0 Å². The summed E-state index contributed by atoms with van der Waals surface area (Å²) in [6.45, 7) is 0.691. The minimum absolute atomic E-state index is 0.0210. The number of likely N-dealkylation sites (tertiary alicyclic amines) is 1. The second kappa shape index (κ2) is 10.7. The zero-order valence-corrected chi connectivity index (χ0v) is 22.8. The summed E-state index contributed by atoms with van der Waals surface area (Å²) in [5.74, 6) is -0.515. The van der Waals surface area contributed by atoms with Gasteiger partial charge in [0.2, 0.25) is 5.91 Å². The average molecular weight is 578 g/mol. The lowest BCUT2D eigenvalue weighted by atomic mass is 9.94. The van der Waals surface area contributed by atoms with Crippen molar-refractivity contribution >= 4 is 16.9 Å². The Balaban J connectivity index is 1.50. The number of imidazole rings is 1. The molecule has 1 aliphatic heterocycles. The van der Waals surface area contributed by atoms with Gasteiger partial charge in [0.05, 0.1) is 22.7 Å². The van der Waals surface area contributed by atoms with Crippen LogP contribution >= 0.6 is 0 Å². The van der Waals surface area contributed by atoms with Crippen molar-refractivity contribution in [2.75, 3.05) is 13.6 Å². The maximum absolute atomic E-state index is 15.7. The van der Waals surface area contributed by atoms with Gasteiger partial charge in [0.15, 0.2) is 5.82 Å². The fraction of sp³-hybridized carbons (Fsp3) is 0.267. The molecule has 0 spiro atoms. The number of benzene rings is 3. The highest BCUT2D eigenvalue weighted by Gasteiger charge is 2.35. The van der Waals surface area contributed by atoms with Gasteiger partial charge in [-0.2, -0.15) is 13.2 Å². The number of halogens is 4. The van der Waals surface area contributed by atoms with E-state index in [1.54, 1.807) is 35.7 Å². The van der Waals surface area contributed by atoms with E-state index in [2.05, 4.69) is 25.5 Å². The molecule has 8 nitrogen and oxygen atoms in total. The van der Waals surface area contributed by atoms with Crippen LogP contribution in [0.5, 0.6) is 0 Å². The summed E-state index contributed by atoms with van der Waals surface area (Å²) in [5, 5.41) is 11.2. The summed E-state index contributed by atoms with van der Waals surface area (Å²) in [6, 6.07) is 14.2. The van der Waals surface area contributed by atoms with E-state index in [1.807, 2.05) is 30.3 Å². The summed E-state index contributed by atoms with van der Waals surface area (Å²) < 4.78 is 60.2. The van der Waals surface area contributed by atoms with Crippen LogP contribution in [0.3, 0.4) is 0 Å². The van der Waals surface area contributed by atoms with Crippen LogP contribution in [0, 0.1) is 5.82 Å². The molecule has 216 valence electrons. The van der Waals surface area contributed by atoms with E-state index in [9.17, 15) is 18.0 Å². The summed E-state index contributed by atoms with van der Waals surface area (Å²) in [5.41, 5.74) is 0.833. The molecule has 3 aromatic carbocycles. The second-order valence-corrected chi connectivity index (χ2v) is 10.4. The first-order chi connectivity index (χ1) is 20.1. The highest BCUT2D eigenvalue weighted by atomic mass is 19.4. The molecule has 1 fully saturated rings. The molecule has 12 heteroatoms. The number of carbonyl (C=O) groups is 1. The molecule has 5 aromatic rings. The van der Waals surface area contributed by atoms with E-state index >= 15 is 4.39 Å². The van der Waals surface area contributed by atoms with Crippen molar-refractivity contribution in [3.63, 3.8) is 0 Å². The monoisotopic (exact) mass is 577 g/mol. The predicted molar refractivity (Wildman–Crippen MR) is 149 cm³/mol. The van der Waals surface area contributed by atoms with Crippen LogP contribution < -0.4 is 5.32 Å². The molecule has 1 amide bonds. The molecule has 0 bridgehead atoms. The van der Waals surface area contributed by atoms with Crippen molar-refractivity contribution < 1.29 is 22.4 Å². The quantitative estimate of drug-likeness (QED) is 0.258. The average Bonchev–Trinajstić information content (AvgIpc) is 3.58. The Hall–Kier alpha value is -4.58. The van der Waals surface area contributed by atoms with E-state index < -0.39 is 23.6 Å². The molecule has 1 unspecified atom stereocenters. The fourth-order valence-electron chi connectivity index (χ4n) is 5.49. The number of fused-ring (bicyclic) bond motifs is 1. The molecule has 0 saturated carbocycles. The Morgan fingerprint density at radius 3 is 2.57 bits per heavy atom. The summed E-state index contributed by atoms with van der Waals surface area (Å²) in [7, 11) is 3.41. The van der Waals surface area contributed by atoms with Gasteiger partial charge in [0.1, 0.15) is 23.5 Å². The first-order valence-electron chi connectivity index (χ1n) is 13.4. The number of piperidine rings is 1. The first kappa shape index (κ1) is 27.6. The summed E-state index contributed by atoms with van der Waals surface area (Å²) in [6.07, 6.45) is -1.85. The molecule has 1 saturated heterocycles. The van der Waals surface area contributed by atoms with Crippen LogP contribution in [0.2, 0.25) is 0 Å². The van der Waals surface area contributed by atoms with Gasteiger partial charge in [-0.1, -0.05) is 36.4 Å². The molecule has 1 atom stereocenters. The van der Waals surface area contributed by atoms with Crippen molar-refractivity contribution in [2.24, 2.45) is 7.05 Å². The topological polar surface area (TPSA) is 91.7 Å². The second-order valence-electron chi connectivity index (χ2n) is 10.4. The summed E-state index contributed by atoms with van der Waals surface area (Å²) >= 11 is 0. The first-order valence-corrected chi connectivity index (χ1v) is 13.4. The lowest BCUT2D eigenvalue weighted by Gasteiger charge is -2.29. The van der Waals surface area contributed by atoms with Gasteiger partial charge in [-0.3, -0.25) is 4.79 Å². The van der Waals surface area contributed by atoms with Crippen LogP contribution in [-0.2, 0) is 24.6 Å². The number of carbonyl (C=O) groups excluding carboxylic acids is 1. The number of hydrogen-bond acceptors (Lipinski definition) is 5. The van der Waals surface area contributed by atoms with E-state index in [0.29, 0.717) is 35.5 Å². The van der Waals surface area contributed by atoms with Crippen LogP contribution in [0.4, 0.5) is 17.6 Å². The number of aromatic amines is 1. The highest BCUT2D eigenvalue weighted by molar-refractivity contribution is 5.93. The van der Waals surface area contributed by atoms with Gasteiger partial charge in [-0.25, -0.2) is 9.37 Å². The van der Waals surface area contributed by atoms with Gasteiger partial charge >= 0.3 is 6.18 Å². The van der Waals surface area contributed by atoms with Crippen molar-refractivity contribution in [3.8, 4) is 33.9 Å². The number of nitrogens with zero attached hydrogens (tertiary/aromatic N) is 5. The highest BCUT2D eigenvalue weighted by Crippen LogP contribution is 2.42. The zero-order valence-electron chi connectivity index (χ0n) is 22.8. The Morgan fingerprint density at radius 2 is 1.86 bits per heavy atom. The van der Waals surface area contributed by atoms with Crippen molar-refractivity contribution in [1.82, 2.24) is 34.9 Å². The third-order valence-corrected chi connectivity index (χ3v) is 7.58. The molecule has 0 radical (unpaired) electrons. The number of H-pyrrole nitrogens is 1. The number of likely N-dealkylation sites (N-methyl/N-ethyl adjacent to an activating group) is 1. The van der Waals surface area contributed by atoms with E-state index in [0.717, 1.165) is 18.1 Å². The minimum Gasteiger partial charge on any atom is -0.344 e. The van der Waals surface area contributed by atoms with Gasteiger partial charge < -0.3 is 19.8 Å². The number of nitrogens with one attached hydrogen (secondary N) is 2. The molecule has 1 aliphatic rings. The van der Waals surface area contributed by atoms with Crippen LogP contribution in [0.1, 0.15) is 24.0 Å². The van der Waals surface area contributed by atoms with E-state index in [-0.39, 0.29) is 34.9 Å². The Bertz CT molecular complexity index is 1780. The molecular formula is C30H27F4N7O. The van der Waals surface area contributed by atoms with Gasteiger partial charge in [0, 0.05) is 32.7 Å². The van der Waals surface area contributed by atoms with Crippen molar-refractivity contribution in [2.45, 2.75) is 31.6 Å². The Kier molecular flexibility index (Phi) is 7.01. The van der Waals surface area contributed by atoms with Gasteiger partial charge in [-0.05, 0) is 47.7 Å². The van der Waals surface area contributed by atoms with Crippen LogP contribution in [0.25, 0.3) is 44.9 Å². The molecule has 0 aliphatic carbocycles. The predicted octanol–water partition coefficient (Wildman–Crippen LogP) is 5.56. The third kappa shape index (κ3) is 5.02. The SMILES string of the molecule is CN1CCCC(NCc2cc(C(F)(F)F)c3nc(-c4c(F)ccc(-c5ccccc5)c4-c4nncn4C)[nH]c3c2)C1=O. The molecular weight excluding hydrogens is 550 g/mol. The Labute approximate surface area is 238 Å². The molecule has 2 N–H and O–H groups in total. The molecule has 42 heavy (non-hydrogen) atoms. The van der Waals surface area contributed by atoms with Crippen molar-refractivity contribution in [3.05, 3.63) is 77.9 Å².